The lowest BCUT2D eigenvalue weighted by atomic mass is 10.4. The first-order chi connectivity index (χ1) is 9.73. The van der Waals surface area contributed by atoms with Crippen LogP contribution in [0.25, 0.3) is 0 Å². The first kappa shape index (κ1) is 18.7. The molecule has 0 aliphatic heterocycles. The Morgan fingerprint density at radius 3 is 1.52 bits per heavy atom. The molecule has 1 aromatic carbocycles. The monoisotopic (exact) mass is 322 g/mol. The fourth-order valence-electron chi connectivity index (χ4n) is 3.86. The first-order valence-corrected chi connectivity index (χ1v) is 12.3. The Labute approximate surface area is 135 Å². The van der Waals surface area contributed by atoms with E-state index in [0.29, 0.717) is 22.2 Å². The number of benzene rings is 1. The summed E-state index contributed by atoms with van der Waals surface area (Å²) in [5.74, 6) is 0. The summed E-state index contributed by atoms with van der Waals surface area (Å²) in [4.78, 5) is 0. The Morgan fingerprint density at radius 1 is 0.762 bits per heavy atom. The van der Waals surface area contributed by atoms with Crippen molar-refractivity contribution < 1.29 is 4.12 Å². The number of rotatable bonds is 7. The summed E-state index contributed by atoms with van der Waals surface area (Å²) in [6.07, 6.45) is 0. The third kappa shape index (κ3) is 4.08. The summed E-state index contributed by atoms with van der Waals surface area (Å²) in [6.45, 7) is 18.9. The van der Waals surface area contributed by atoms with Crippen LogP contribution in [0.5, 0.6) is 0 Å². The molecule has 0 aromatic heterocycles. The second-order valence-corrected chi connectivity index (χ2v) is 16.5. The van der Waals surface area contributed by atoms with Crippen LogP contribution in [0.3, 0.4) is 0 Å². The van der Waals surface area contributed by atoms with Crippen molar-refractivity contribution in [1.82, 2.24) is 0 Å². The van der Waals surface area contributed by atoms with Crippen molar-refractivity contribution in [2.75, 3.05) is 0 Å². The van der Waals surface area contributed by atoms with Gasteiger partial charge >= 0.3 is 0 Å². The molecule has 0 N–H and O–H groups in total. The molecule has 1 atom stereocenters. The molecule has 1 rings (SSSR count). The molecule has 1 nitrogen and oxygen atoms in total. The molecular weight excluding hydrogens is 288 g/mol. The molecule has 1 unspecified atom stereocenters. The van der Waals surface area contributed by atoms with Crippen LogP contribution < -0.4 is 5.19 Å². The van der Waals surface area contributed by atoms with Crippen LogP contribution in [0.4, 0.5) is 0 Å². The molecule has 0 amide bonds. The van der Waals surface area contributed by atoms with Gasteiger partial charge in [-0.1, -0.05) is 85.7 Å². The van der Waals surface area contributed by atoms with Gasteiger partial charge in [-0.25, -0.2) is 0 Å². The van der Waals surface area contributed by atoms with E-state index < -0.39 is 17.4 Å². The minimum atomic E-state index is -1.77. The molecule has 3 heteroatoms. The summed E-state index contributed by atoms with van der Waals surface area (Å²) in [7, 11) is -3.17. The average molecular weight is 323 g/mol. The SMILES string of the molecule is CC(C)[SiH](O[Si](C(C)C)(C(C)C)C(C)C)c1ccccc1. The van der Waals surface area contributed by atoms with Gasteiger partial charge in [-0.15, -0.1) is 0 Å². The highest BCUT2D eigenvalue weighted by Crippen LogP contribution is 2.43. The predicted octanol–water partition coefficient (Wildman–Crippen LogP) is 5.22. The van der Waals surface area contributed by atoms with E-state index >= 15 is 0 Å². The first-order valence-electron chi connectivity index (χ1n) is 8.46. The van der Waals surface area contributed by atoms with Crippen LogP contribution in [0.1, 0.15) is 55.4 Å². The minimum Gasteiger partial charge on any atom is -0.453 e. The molecule has 0 heterocycles. The van der Waals surface area contributed by atoms with Crippen molar-refractivity contribution in [2.24, 2.45) is 0 Å². The van der Waals surface area contributed by atoms with Gasteiger partial charge in [-0.2, -0.15) is 0 Å². The zero-order valence-corrected chi connectivity index (χ0v) is 17.3. The molecule has 21 heavy (non-hydrogen) atoms. The van der Waals surface area contributed by atoms with Crippen LogP contribution >= 0.6 is 0 Å². The smallest absolute Gasteiger partial charge is 0.198 e. The summed E-state index contributed by atoms with van der Waals surface area (Å²) in [5, 5.41) is 1.46. The van der Waals surface area contributed by atoms with Gasteiger partial charge in [0.2, 0.25) is 0 Å². The van der Waals surface area contributed by atoms with Gasteiger partial charge in [0, 0.05) is 0 Å². The minimum absolute atomic E-state index is 0.635. The molecule has 0 radical (unpaired) electrons. The molecule has 0 spiro atoms. The Balaban J connectivity index is 3.20. The zero-order valence-electron chi connectivity index (χ0n) is 15.2. The summed E-state index contributed by atoms with van der Waals surface area (Å²) >= 11 is 0. The highest BCUT2D eigenvalue weighted by molar-refractivity contribution is 6.86. The van der Waals surface area contributed by atoms with Gasteiger partial charge in [-0.05, 0) is 27.4 Å². The van der Waals surface area contributed by atoms with Gasteiger partial charge in [-0.3, -0.25) is 0 Å². The van der Waals surface area contributed by atoms with Crippen molar-refractivity contribution in [3.8, 4) is 0 Å². The van der Waals surface area contributed by atoms with E-state index in [4.69, 9.17) is 4.12 Å². The van der Waals surface area contributed by atoms with Gasteiger partial charge in [0.25, 0.3) is 0 Å². The predicted molar refractivity (Wildman–Crippen MR) is 100 cm³/mol. The summed E-state index contributed by atoms with van der Waals surface area (Å²) in [5.41, 5.74) is 2.62. The molecule has 0 aliphatic carbocycles. The van der Waals surface area contributed by atoms with Crippen LogP contribution in [-0.2, 0) is 4.12 Å². The van der Waals surface area contributed by atoms with Crippen molar-refractivity contribution in [2.45, 2.75) is 77.6 Å². The van der Waals surface area contributed by atoms with Crippen LogP contribution in [0.2, 0.25) is 22.2 Å². The van der Waals surface area contributed by atoms with E-state index in [2.05, 4.69) is 85.7 Å². The van der Waals surface area contributed by atoms with Gasteiger partial charge < -0.3 is 4.12 Å². The molecule has 120 valence electrons. The van der Waals surface area contributed by atoms with Gasteiger partial charge in [0.05, 0.1) is 0 Å². The standard InChI is InChI=1S/C18H34OSi2/c1-14(2)20(18-12-10-9-11-13-18)19-21(15(3)4,16(5)6)17(7)8/h9-17,20H,1-8H3. The maximum Gasteiger partial charge on any atom is 0.198 e. The Hall–Kier alpha value is -0.386. The highest BCUT2D eigenvalue weighted by Gasteiger charge is 2.46. The van der Waals surface area contributed by atoms with E-state index in [1.807, 2.05) is 0 Å². The molecule has 0 fully saturated rings. The third-order valence-corrected chi connectivity index (χ3v) is 15.1. The summed E-state index contributed by atoms with van der Waals surface area (Å²) < 4.78 is 7.15. The zero-order chi connectivity index (χ0) is 16.2. The fraction of sp³-hybridized carbons (Fsp3) is 0.667. The van der Waals surface area contributed by atoms with Crippen molar-refractivity contribution in [1.29, 1.82) is 0 Å². The van der Waals surface area contributed by atoms with Gasteiger partial charge in [0.1, 0.15) is 0 Å². The molecule has 0 saturated heterocycles. The third-order valence-electron chi connectivity index (χ3n) is 4.77. The Bertz CT molecular complexity index is 391. The molecule has 0 bridgehead atoms. The van der Waals surface area contributed by atoms with Crippen molar-refractivity contribution in [3.05, 3.63) is 30.3 Å². The van der Waals surface area contributed by atoms with Crippen LogP contribution in [-0.4, -0.2) is 17.4 Å². The quantitative estimate of drug-likeness (QED) is 0.625. The van der Waals surface area contributed by atoms with E-state index in [1.54, 1.807) is 0 Å². The normalized spacial score (nSPS) is 14.5. The lowest BCUT2D eigenvalue weighted by Crippen LogP contribution is -2.55. The van der Waals surface area contributed by atoms with E-state index in [-0.39, 0.29) is 0 Å². The summed E-state index contributed by atoms with van der Waals surface area (Å²) in [6, 6.07) is 11.0. The topological polar surface area (TPSA) is 9.23 Å². The maximum absolute atomic E-state index is 7.15. The Morgan fingerprint density at radius 2 is 1.19 bits per heavy atom. The fourth-order valence-corrected chi connectivity index (χ4v) is 15.9. The maximum atomic E-state index is 7.15. The van der Waals surface area contributed by atoms with Crippen LogP contribution in [0.15, 0.2) is 30.3 Å². The lowest BCUT2D eigenvalue weighted by Gasteiger charge is -2.45. The average Bonchev–Trinajstić information content (AvgIpc) is 2.39. The largest absolute Gasteiger partial charge is 0.453 e. The molecule has 0 saturated carbocycles. The van der Waals surface area contributed by atoms with Crippen molar-refractivity contribution >= 4 is 22.5 Å². The lowest BCUT2D eigenvalue weighted by molar-refractivity contribution is 0.486. The number of hydrogen-bond acceptors (Lipinski definition) is 1. The highest BCUT2D eigenvalue weighted by atomic mass is 28.4. The second kappa shape index (κ2) is 7.75. The van der Waals surface area contributed by atoms with E-state index in [9.17, 15) is 0 Å². The Kier molecular flexibility index (Phi) is 6.89. The molecular formula is C18H34OSi2. The van der Waals surface area contributed by atoms with Gasteiger partial charge in [0.15, 0.2) is 17.4 Å². The van der Waals surface area contributed by atoms with E-state index in [1.165, 1.54) is 5.19 Å². The van der Waals surface area contributed by atoms with Crippen LogP contribution in [0, 0.1) is 0 Å². The van der Waals surface area contributed by atoms with Crippen molar-refractivity contribution in [3.63, 3.8) is 0 Å². The molecule has 0 aliphatic rings. The second-order valence-electron chi connectivity index (χ2n) is 7.51. The van der Waals surface area contributed by atoms with E-state index in [0.717, 1.165) is 0 Å². The molecule has 1 aromatic rings. The number of hydrogen-bond donors (Lipinski definition) is 0.